The van der Waals surface area contributed by atoms with E-state index < -0.39 is 7.22 Å². The lowest BCUT2D eigenvalue weighted by atomic mass is 9.82. The zero-order valence-electron chi connectivity index (χ0n) is 19.7. The maximum atomic E-state index is 2.73. The lowest BCUT2D eigenvalue weighted by molar-refractivity contribution is 0.230. The van der Waals surface area contributed by atoms with Crippen molar-refractivity contribution in [1.82, 2.24) is 4.90 Å². The molecule has 0 amide bonds. The minimum absolute atomic E-state index is 0.511. The quantitative estimate of drug-likeness (QED) is 0.419. The maximum absolute atomic E-state index is 2.73. The average molecular weight is 438 g/mol. The molecule has 2 atom stereocenters. The van der Waals surface area contributed by atoms with Crippen molar-refractivity contribution in [2.24, 2.45) is 0 Å². The van der Waals surface area contributed by atoms with Crippen molar-refractivity contribution < 1.29 is 0 Å². The highest BCUT2D eigenvalue weighted by Gasteiger charge is 2.44. The molecule has 0 N–H and O–H groups in total. The second-order valence-electron chi connectivity index (χ2n) is 10.3. The summed E-state index contributed by atoms with van der Waals surface area (Å²) in [4.78, 5) is 4.20. The molecule has 162 valence electrons. The highest BCUT2D eigenvalue weighted by molar-refractivity contribution is 8.29. The summed E-state index contributed by atoms with van der Waals surface area (Å²) in [5, 5.41) is 0. The smallest absolute Gasteiger partial charge is 0.131 e. The van der Waals surface area contributed by atoms with E-state index in [1.807, 2.05) is 0 Å². The number of hydrogen-bond donors (Lipinski definition) is 0. The van der Waals surface area contributed by atoms with Gasteiger partial charge < -0.3 is 0 Å². The fourth-order valence-electron chi connectivity index (χ4n) is 6.47. The number of benzene rings is 2. The van der Waals surface area contributed by atoms with Crippen molar-refractivity contribution in [3.8, 4) is 0 Å². The van der Waals surface area contributed by atoms with E-state index in [1.165, 1.54) is 36.4 Å². The van der Waals surface area contributed by atoms with E-state index in [2.05, 4.69) is 106 Å². The van der Waals surface area contributed by atoms with Crippen LogP contribution >= 0.6 is 11.2 Å². The van der Waals surface area contributed by atoms with Gasteiger partial charge in [0.05, 0.1) is 0 Å². The molecule has 1 saturated heterocycles. The number of fused-ring (bicyclic) bond motifs is 3. The molecule has 0 aliphatic carbocycles. The fraction of sp³-hybridized carbons (Fsp3) is 0.556. The summed E-state index contributed by atoms with van der Waals surface area (Å²) in [6, 6.07) is 19.6. The molecule has 2 aromatic carbocycles. The summed E-state index contributed by atoms with van der Waals surface area (Å²) < 4.78 is 0. The molecular formula is C27H39NSSi. The van der Waals surface area contributed by atoms with Gasteiger partial charge in [-0.2, -0.15) is 11.2 Å². The normalized spacial score (nSPS) is 22.0. The second-order valence-corrected chi connectivity index (χ2v) is 18.9. The Bertz CT molecular complexity index is 836. The Morgan fingerprint density at radius 3 is 2.03 bits per heavy atom. The Kier molecular flexibility index (Phi) is 6.53. The highest BCUT2D eigenvalue weighted by Crippen LogP contribution is 2.52. The summed E-state index contributed by atoms with van der Waals surface area (Å²) in [5.41, 5.74) is 6.97. The van der Waals surface area contributed by atoms with Crippen LogP contribution in [-0.4, -0.2) is 25.2 Å². The molecule has 3 heteroatoms. The van der Waals surface area contributed by atoms with Crippen LogP contribution in [0.1, 0.15) is 83.0 Å². The van der Waals surface area contributed by atoms with E-state index in [1.54, 1.807) is 11.1 Å². The Labute approximate surface area is 189 Å². The Morgan fingerprint density at radius 2 is 1.43 bits per heavy atom. The third-order valence-electron chi connectivity index (χ3n) is 7.80. The number of hydrogen-bond acceptors (Lipinski definition) is 2. The van der Waals surface area contributed by atoms with Gasteiger partial charge in [0.2, 0.25) is 0 Å². The molecule has 2 heterocycles. The molecule has 0 unspecified atom stereocenters. The van der Waals surface area contributed by atoms with Crippen molar-refractivity contribution in [2.45, 2.75) is 87.9 Å². The molecule has 1 fully saturated rings. The molecular weight excluding hydrogens is 398 g/mol. The van der Waals surface area contributed by atoms with Crippen LogP contribution in [-0.2, 0) is 0 Å². The van der Waals surface area contributed by atoms with Crippen LogP contribution < -0.4 is 0 Å². The monoisotopic (exact) mass is 437 g/mol. The molecule has 4 rings (SSSR count). The molecule has 0 bridgehead atoms. The van der Waals surface area contributed by atoms with Gasteiger partial charge in [-0.15, -0.1) is 0 Å². The van der Waals surface area contributed by atoms with Gasteiger partial charge in [0, 0.05) is 23.4 Å². The van der Waals surface area contributed by atoms with Crippen molar-refractivity contribution in [3.63, 3.8) is 0 Å². The van der Waals surface area contributed by atoms with E-state index in [0.29, 0.717) is 12.0 Å². The van der Waals surface area contributed by atoms with Gasteiger partial charge in [-0.3, -0.25) is 4.90 Å². The topological polar surface area (TPSA) is 3.24 Å². The summed E-state index contributed by atoms with van der Waals surface area (Å²) >= 11 is 2.25. The maximum Gasteiger partial charge on any atom is 0.131 e. The van der Waals surface area contributed by atoms with Gasteiger partial charge >= 0.3 is 0 Å². The second kappa shape index (κ2) is 8.84. The van der Waals surface area contributed by atoms with Gasteiger partial charge in [0.15, 0.2) is 0 Å². The molecule has 2 aliphatic heterocycles. The van der Waals surface area contributed by atoms with Crippen molar-refractivity contribution >= 4 is 18.4 Å². The van der Waals surface area contributed by atoms with Gasteiger partial charge in [-0.1, -0.05) is 77.9 Å². The van der Waals surface area contributed by atoms with Crippen molar-refractivity contribution in [3.05, 3.63) is 65.2 Å². The zero-order chi connectivity index (χ0) is 21.5. The fourth-order valence-corrected chi connectivity index (χ4v) is 15.6. The third kappa shape index (κ3) is 3.82. The summed E-state index contributed by atoms with van der Waals surface area (Å²) in [5.74, 6) is 0.511. The van der Waals surface area contributed by atoms with Crippen molar-refractivity contribution in [1.29, 1.82) is 0 Å². The van der Waals surface area contributed by atoms with Crippen LogP contribution in [0.2, 0.25) is 16.6 Å². The number of nitrogens with zero attached hydrogens (tertiary/aromatic N) is 1. The molecule has 2 aromatic rings. The molecule has 0 radical (unpaired) electrons. The van der Waals surface area contributed by atoms with Gasteiger partial charge in [0.25, 0.3) is 0 Å². The van der Waals surface area contributed by atoms with E-state index in [0.717, 1.165) is 16.6 Å². The molecule has 30 heavy (non-hydrogen) atoms. The van der Waals surface area contributed by atoms with Crippen LogP contribution in [0.5, 0.6) is 0 Å². The molecule has 0 saturated carbocycles. The zero-order valence-corrected chi connectivity index (χ0v) is 21.5. The Morgan fingerprint density at radius 1 is 0.833 bits per heavy atom. The van der Waals surface area contributed by atoms with Gasteiger partial charge in [-0.05, 0) is 64.8 Å². The van der Waals surface area contributed by atoms with E-state index >= 15 is 0 Å². The molecule has 2 aliphatic rings. The van der Waals surface area contributed by atoms with Crippen LogP contribution in [0, 0.1) is 0 Å². The van der Waals surface area contributed by atoms with Gasteiger partial charge in [-0.25, -0.2) is 0 Å². The van der Waals surface area contributed by atoms with E-state index in [9.17, 15) is 0 Å². The Balaban J connectivity index is 1.62. The van der Waals surface area contributed by atoms with Gasteiger partial charge in [0.1, 0.15) is 7.22 Å². The Hall–Kier alpha value is -1.03. The molecule has 0 aromatic heterocycles. The first-order chi connectivity index (χ1) is 14.3. The summed E-state index contributed by atoms with van der Waals surface area (Å²) in [7, 11) is -1.49. The standard InChI is InChI=1S/C27H39NSSi/c1-19(2)30(20(3)4,21(5)6)29-23-15-13-22(14-16-23)26-18-28-17-9-12-27(28)25-11-8-7-10-24(25)26/h7-8,10-11,13-16,19-21,26-27H,9,12,17-18H2,1-6H3/t26-,27+/m0/s1. The first-order valence-corrected chi connectivity index (χ1v) is 15.7. The average Bonchev–Trinajstić information content (AvgIpc) is 3.20. The first kappa shape index (κ1) is 22.2. The highest BCUT2D eigenvalue weighted by atomic mass is 32.4. The van der Waals surface area contributed by atoms with Crippen LogP contribution in [0.4, 0.5) is 0 Å². The minimum atomic E-state index is -1.49. The lowest BCUT2D eigenvalue weighted by Gasteiger charge is -2.42. The predicted molar refractivity (Wildman–Crippen MR) is 135 cm³/mol. The molecule has 0 spiro atoms. The SMILES string of the molecule is CC(C)[Si](Sc1ccc([C@@H]2CN3CCC[C@@H]3c3ccccc32)cc1)(C(C)C)C(C)C. The van der Waals surface area contributed by atoms with Crippen LogP contribution in [0.25, 0.3) is 0 Å². The summed E-state index contributed by atoms with van der Waals surface area (Å²) in [6.07, 6.45) is 2.67. The van der Waals surface area contributed by atoms with Crippen LogP contribution in [0.15, 0.2) is 53.4 Å². The predicted octanol–water partition coefficient (Wildman–Crippen LogP) is 8.24. The third-order valence-corrected chi connectivity index (χ3v) is 20.1. The molecule has 1 nitrogen and oxygen atoms in total. The first-order valence-electron chi connectivity index (χ1n) is 12.0. The van der Waals surface area contributed by atoms with Crippen molar-refractivity contribution in [2.75, 3.05) is 13.1 Å². The van der Waals surface area contributed by atoms with E-state index in [-0.39, 0.29) is 0 Å². The largest absolute Gasteiger partial charge is 0.295 e. The lowest BCUT2D eigenvalue weighted by Crippen LogP contribution is -2.40. The summed E-state index contributed by atoms with van der Waals surface area (Å²) in [6.45, 7) is 17.2. The van der Waals surface area contributed by atoms with Crippen LogP contribution in [0.3, 0.4) is 0 Å². The minimum Gasteiger partial charge on any atom is -0.295 e. The van der Waals surface area contributed by atoms with E-state index in [4.69, 9.17) is 0 Å². The number of rotatable bonds is 6.